The number of hydrogen-bond donors (Lipinski definition) is 2. The minimum atomic E-state index is 0.468. The summed E-state index contributed by atoms with van der Waals surface area (Å²) in [5.74, 6) is 1.13. The molecule has 5 heteroatoms. The molecule has 0 amide bonds. The van der Waals surface area contributed by atoms with Crippen molar-refractivity contribution in [2.24, 2.45) is 0 Å². The van der Waals surface area contributed by atoms with Gasteiger partial charge in [-0.25, -0.2) is 0 Å². The van der Waals surface area contributed by atoms with Gasteiger partial charge in [0.05, 0.1) is 6.20 Å². The van der Waals surface area contributed by atoms with Crippen LogP contribution in [0.15, 0.2) is 36.5 Å². The van der Waals surface area contributed by atoms with Gasteiger partial charge in [0.1, 0.15) is 0 Å². The molecule has 0 unspecified atom stereocenters. The quantitative estimate of drug-likeness (QED) is 0.711. The van der Waals surface area contributed by atoms with Crippen LogP contribution in [0.1, 0.15) is 27.8 Å². The van der Waals surface area contributed by atoms with Gasteiger partial charge in [-0.15, -0.1) is 5.10 Å². The number of aromatic nitrogens is 3. The molecule has 0 saturated carbocycles. The molecule has 0 aliphatic carbocycles. The number of rotatable bonds is 4. The fourth-order valence-electron chi connectivity index (χ4n) is 2.87. The third-order valence-corrected chi connectivity index (χ3v) is 4.25. The van der Waals surface area contributed by atoms with Crippen molar-refractivity contribution in [3.63, 3.8) is 0 Å². The molecule has 0 spiro atoms. The van der Waals surface area contributed by atoms with E-state index in [0.717, 1.165) is 11.4 Å². The Balaban J connectivity index is 1.83. The first-order valence-corrected chi connectivity index (χ1v) is 8.31. The number of anilines is 4. The van der Waals surface area contributed by atoms with Crippen LogP contribution in [0.2, 0.25) is 0 Å². The van der Waals surface area contributed by atoms with Crippen LogP contribution in [-0.2, 0) is 0 Å². The topological polar surface area (TPSA) is 62.7 Å². The predicted octanol–water partition coefficient (Wildman–Crippen LogP) is 4.90. The monoisotopic (exact) mass is 333 g/mol. The van der Waals surface area contributed by atoms with Crippen LogP contribution in [0.4, 0.5) is 23.1 Å². The second kappa shape index (κ2) is 6.89. The fraction of sp³-hybridized carbons (Fsp3) is 0.250. The smallest absolute Gasteiger partial charge is 0.249 e. The Labute approximate surface area is 148 Å². The third-order valence-electron chi connectivity index (χ3n) is 4.25. The van der Waals surface area contributed by atoms with Crippen LogP contribution in [0.25, 0.3) is 0 Å². The van der Waals surface area contributed by atoms with Gasteiger partial charge in [-0.1, -0.05) is 23.8 Å². The van der Waals surface area contributed by atoms with Gasteiger partial charge in [-0.05, 0) is 69.0 Å². The summed E-state index contributed by atoms with van der Waals surface area (Å²) in [4.78, 5) is 4.52. The molecule has 0 fully saturated rings. The molecule has 2 aromatic carbocycles. The minimum Gasteiger partial charge on any atom is -0.338 e. The van der Waals surface area contributed by atoms with E-state index in [1.807, 2.05) is 6.07 Å². The van der Waals surface area contributed by atoms with Gasteiger partial charge < -0.3 is 10.6 Å². The zero-order valence-electron chi connectivity index (χ0n) is 15.3. The van der Waals surface area contributed by atoms with Crippen molar-refractivity contribution in [1.29, 1.82) is 0 Å². The lowest BCUT2D eigenvalue weighted by Crippen LogP contribution is -2.04. The van der Waals surface area contributed by atoms with Gasteiger partial charge in [-0.2, -0.15) is 10.1 Å². The predicted molar refractivity (Wildman–Crippen MR) is 103 cm³/mol. The highest BCUT2D eigenvalue weighted by Gasteiger charge is 2.07. The Kier molecular flexibility index (Phi) is 4.65. The van der Waals surface area contributed by atoms with Crippen LogP contribution in [0, 0.1) is 34.6 Å². The van der Waals surface area contributed by atoms with E-state index in [9.17, 15) is 0 Å². The Bertz CT molecular complexity index is 895. The number of aryl methyl sites for hydroxylation is 5. The van der Waals surface area contributed by atoms with Gasteiger partial charge in [0, 0.05) is 11.4 Å². The van der Waals surface area contributed by atoms with Gasteiger partial charge in [0.25, 0.3) is 0 Å². The molecule has 3 rings (SSSR count). The molecular weight excluding hydrogens is 310 g/mol. The van der Waals surface area contributed by atoms with Crippen molar-refractivity contribution in [2.45, 2.75) is 34.6 Å². The van der Waals surface area contributed by atoms with E-state index in [1.54, 1.807) is 6.20 Å². The first-order valence-electron chi connectivity index (χ1n) is 8.31. The summed E-state index contributed by atoms with van der Waals surface area (Å²) in [6.07, 6.45) is 1.63. The highest BCUT2D eigenvalue weighted by molar-refractivity contribution is 5.66. The summed E-state index contributed by atoms with van der Waals surface area (Å²) in [6.45, 7) is 10.5. The molecular formula is C20H23N5. The molecule has 1 aromatic heterocycles. The lowest BCUT2D eigenvalue weighted by atomic mass is 10.1. The molecule has 0 radical (unpaired) electrons. The summed E-state index contributed by atoms with van der Waals surface area (Å²) >= 11 is 0. The van der Waals surface area contributed by atoms with Crippen LogP contribution in [0.3, 0.4) is 0 Å². The average Bonchev–Trinajstić information content (AvgIpc) is 2.55. The first-order chi connectivity index (χ1) is 11.9. The van der Waals surface area contributed by atoms with E-state index < -0.39 is 0 Å². The largest absolute Gasteiger partial charge is 0.338 e. The Morgan fingerprint density at radius 3 is 2.16 bits per heavy atom. The molecule has 128 valence electrons. The molecule has 0 aliphatic rings. The summed E-state index contributed by atoms with van der Waals surface area (Å²) in [7, 11) is 0. The van der Waals surface area contributed by atoms with Crippen LogP contribution >= 0.6 is 0 Å². The van der Waals surface area contributed by atoms with E-state index in [-0.39, 0.29) is 0 Å². The molecule has 0 saturated heterocycles. The van der Waals surface area contributed by atoms with Crippen molar-refractivity contribution >= 4 is 23.1 Å². The van der Waals surface area contributed by atoms with Gasteiger partial charge >= 0.3 is 0 Å². The SMILES string of the molecule is Cc1cc(C)c(Nc2cnnc(Nc3ccc(C)c(C)c3)n2)c(C)c1. The second-order valence-corrected chi connectivity index (χ2v) is 6.49. The normalized spacial score (nSPS) is 10.6. The van der Waals surface area contributed by atoms with E-state index in [0.29, 0.717) is 11.8 Å². The standard InChI is InChI=1S/C20H23N5/c1-12-8-15(4)19(16(5)9-12)23-18-11-21-25-20(24-18)22-17-7-6-13(2)14(3)10-17/h6-11H,1-5H3,(H2,22,23,24,25). The number of nitrogens with zero attached hydrogens (tertiary/aromatic N) is 3. The van der Waals surface area contributed by atoms with E-state index in [4.69, 9.17) is 0 Å². The van der Waals surface area contributed by atoms with Gasteiger partial charge in [-0.3, -0.25) is 0 Å². The van der Waals surface area contributed by atoms with Crippen LogP contribution < -0.4 is 10.6 Å². The molecule has 25 heavy (non-hydrogen) atoms. The lowest BCUT2D eigenvalue weighted by molar-refractivity contribution is 0.981. The van der Waals surface area contributed by atoms with E-state index in [1.165, 1.54) is 27.8 Å². The van der Waals surface area contributed by atoms with E-state index in [2.05, 4.69) is 84.7 Å². The van der Waals surface area contributed by atoms with Crippen LogP contribution in [0.5, 0.6) is 0 Å². The van der Waals surface area contributed by atoms with Crippen molar-refractivity contribution in [3.05, 3.63) is 64.3 Å². The maximum atomic E-state index is 4.52. The number of hydrogen-bond acceptors (Lipinski definition) is 5. The second-order valence-electron chi connectivity index (χ2n) is 6.49. The van der Waals surface area contributed by atoms with Gasteiger partial charge in [0.15, 0.2) is 5.82 Å². The zero-order valence-corrected chi connectivity index (χ0v) is 15.3. The molecule has 0 atom stereocenters. The van der Waals surface area contributed by atoms with Gasteiger partial charge in [0.2, 0.25) is 5.95 Å². The molecule has 0 aliphatic heterocycles. The van der Waals surface area contributed by atoms with Crippen molar-refractivity contribution in [2.75, 3.05) is 10.6 Å². The molecule has 2 N–H and O–H groups in total. The fourth-order valence-corrected chi connectivity index (χ4v) is 2.87. The average molecular weight is 333 g/mol. The lowest BCUT2D eigenvalue weighted by Gasteiger charge is -2.13. The first kappa shape index (κ1) is 16.9. The Hall–Kier alpha value is -2.95. The highest BCUT2D eigenvalue weighted by Crippen LogP contribution is 2.25. The van der Waals surface area contributed by atoms with Crippen molar-refractivity contribution in [3.8, 4) is 0 Å². The maximum absolute atomic E-state index is 4.52. The van der Waals surface area contributed by atoms with E-state index >= 15 is 0 Å². The number of nitrogens with one attached hydrogen (secondary N) is 2. The minimum absolute atomic E-state index is 0.468. The molecule has 0 bridgehead atoms. The van der Waals surface area contributed by atoms with Crippen LogP contribution in [-0.4, -0.2) is 15.2 Å². The molecule has 5 nitrogen and oxygen atoms in total. The summed E-state index contributed by atoms with van der Waals surface area (Å²) < 4.78 is 0. The van der Waals surface area contributed by atoms with Crippen molar-refractivity contribution < 1.29 is 0 Å². The molecule has 3 aromatic rings. The number of benzene rings is 2. The molecule has 1 heterocycles. The highest BCUT2D eigenvalue weighted by atomic mass is 15.3. The Morgan fingerprint density at radius 2 is 1.48 bits per heavy atom. The summed E-state index contributed by atoms with van der Waals surface area (Å²) in [5, 5.41) is 14.7. The third kappa shape index (κ3) is 3.94. The maximum Gasteiger partial charge on any atom is 0.249 e. The summed E-state index contributed by atoms with van der Waals surface area (Å²) in [6, 6.07) is 10.5. The Morgan fingerprint density at radius 1 is 0.760 bits per heavy atom. The summed E-state index contributed by atoms with van der Waals surface area (Å²) in [5.41, 5.74) is 8.09. The van der Waals surface area contributed by atoms with Crippen molar-refractivity contribution in [1.82, 2.24) is 15.2 Å². The zero-order chi connectivity index (χ0) is 18.0.